The lowest BCUT2D eigenvalue weighted by Gasteiger charge is -2.27. The number of nitrogens with zero attached hydrogens (tertiary/aromatic N) is 10. The van der Waals surface area contributed by atoms with E-state index in [1.54, 1.807) is 0 Å². The van der Waals surface area contributed by atoms with Crippen molar-refractivity contribution in [2.24, 2.45) is 7.05 Å². The van der Waals surface area contributed by atoms with Gasteiger partial charge in [-0.05, 0) is 0 Å². The van der Waals surface area contributed by atoms with Crippen molar-refractivity contribution in [3.63, 3.8) is 0 Å². The van der Waals surface area contributed by atoms with Gasteiger partial charge in [-0.25, -0.2) is 42.8 Å². The van der Waals surface area contributed by atoms with Gasteiger partial charge in [-0.3, -0.25) is 51.4 Å². The predicted octanol–water partition coefficient (Wildman–Crippen LogP) is -4.69. The van der Waals surface area contributed by atoms with Gasteiger partial charge in [0.05, 0.1) is 52.7 Å². The standard InChI is InChI=1S/C34H47N15O25P4/c1-46-11-49(27-17(46)29(55)45-34(37)43-27)31-21(53)19(51)13(70-31)6-67-76(58,59)73-78(62,63)74-77(60,61)68-7-14-22(23(65-4-3-64-2)32(71-14)47-9-40-15-24(35)38-8-39-25(15)47)72-75(56,57)66-5-12-18(50)20(52)30(69-12)48-10-41-16-26(48)42-33(36)44-28(16)54/h8-14,18-23,30-32,50-53H,3-7H2,1-2H3,(H11-,35,36,37,38,39,42,43,44,45,54,55,56,57,58,59,60,61,62,63)/p+1/t12-,13-,14-,18-,19-,20-,21-,22-,23-,30-,31-,32-/m1/s1. The van der Waals surface area contributed by atoms with Crippen LogP contribution >= 0.6 is 31.3 Å². The van der Waals surface area contributed by atoms with Crippen molar-refractivity contribution in [3.8, 4) is 0 Å². The summed E-state index contributed by atoms with van der Waals surface area (Å²) in [5.74, 6) is -0.734. The van der Waals surface area contributed by atoms with Crippen LogP contribution in [-0.4, -0.2) is 189 Å². The van der Waals surface area contributed by atoms with Gasteiger partial charge in [0.1, 0.15) is 66.8 Å². The molecule has 428 valence electrons. The highest BCUT2D eigenvalue weighted by atomic mass is 31.3. The first-order valence-corrected chi connectivity index (χ1v) is 28.2. The maximum atomic E-state index is 13.9. The lowest BCUT2D eigenvalue weighted by molar-refractivity contribution is -0.745. The number of H-pyrrole nitrogens is 2. The van der Waals surface area contributed by atoms with E-state index in [9.17, 15) is 67.8 Å². The Labute approximate surface area is 432 Å². The summed E-state index contributed by atoms with van der Waals surface area (Å²) in [7, 11) is -20.8. The van der Waals surface area contributed by atoms with E-state index in [1.807, 2.05) is 0 Å². The molecule has 0 bridgehead atoms. The third-order valence-electron chi connectivity index (χ3n) is 11.9. The molecule has 0 amide bonds. The average molecular weight is 1190 g/mol. The van der Waals surface area contributed by atoms with Gasteiger partial charge in [0.15, 0.2) is 41.4 Å². The van der Waals surface area contributed by atoms with E-state index < -0.39 is 136 Å². The quantitative estimate of drug-likeness (QED) is 0.0173. The average Bonchev–Trinajstić information content (AvgIpc) is 4.20. The largest absolute Gasteiger partial charge is 0.490 e. The Kier molecular flexibility index (Phi) is 16.2. The molecule has 0 aromatic carbocycles. The molecule has 9 rings (SSSR count). The second-order valence-corrected chi connectivity index (χ2v) is 23.1. The summed E-state index contributed by atoms with van der Waals surface area (Å²) in [6.45, 7) is -3.86. The van der Waals surface area contributed by atoms with Crippen molar-refractivity contribution in [1.29, 1.82) is 0 Å². The molecule has 3 aliphatic heterocycles. The number of aliphatic hydroxyl groups excluding tert-OH is 4. The van der Waals surface area contributed by atoms with E-state index in [0.29, 0.717) is 0 Å². The molecule has 0 saturated carbocycles. The van der Waals surface area contributed by atoms with E-state index in [2.05, 4.69) is 48.5 Å². The van der Waals surface area contributed by atoms with Crippen LogP contribution in [0.15, 0.2) is 34.9 Å². The summed E-state index contributed by atoms with van der Waals surface area (Å²) in [6.07, 6.45) is -16.1. The number of fused-ring (bicyclic) bond motifs is 3. The first-order chi connectivity index (χ1) is 36.7. The maximum absolute atomic E-state index is 13.9. The van der Waals surface area contributed by atoms with Crippen LogP contribution in [0.1, 0.15) is 18.7 Å². The van der Waals surface area contributed by atoms with Crippen molar-refractivity contribution in [1.82, 2.24) is 53.6 Å². The fourth-order valence-corrected chi connectivity index (χ4v) is 13.0. The van der Waals surface area contributed by atoms with Crippen LogP contribution in [0.5, 0.6) is 0 Å². The minimum Gasteiger partial charge on any atom is -0.387 e. The number of nitrogens with one attached hydrogen (secondary N) is 2. The number of nitrogens with two attached hydrogens (primary N) is 3. The van der Waals surface area contributed by atoms with Gasteiger partial charge in [0.25, 0.3) is 17.1 Å². The summed E-state index contributed by atoms with van der Waals surface area (Å²) in [4.78, 5) is 96.2. The number of ether oxygens (including phenoxy) is 5. The zero-order chi connectivity index (χ0) is 56.4. The van der Waals surface area contributed by atoms with Crippen LogP contribution in [0.3, 0.4) is 0 Å². The number of methoxy groups -OCH3 is 1. The third-order valence-corrected chi connectivity index (χ3v) is 17.1. The van der Waals surface area contributed by atoms with E-state index in [0.717, 1.165) is 28.1 Å². The molecule has 78 heavy (non-hydrogen) atoms. The monoisotopic (exact) mass is 1190 g/mol. The molecule has 44 heteroatoms. The molecule has 16 N–H and O–H groups in total. The van der Waals surface area contributed by atoms with Gasteiger partial charge in [0.2, 0.25) is 17.7 Å². The Balaban J connectivity index is 0.886. The lowest BCUT2D eigenvalue weighted by atomic mass is 10.1. The number of rotatable bonds is 22. The van der Waals surface area contributed by atoms with Crippen LogP contribution < -0.4 is 32.9 Å². The number of imidazole rings is 3. The number of aromatic nitrogens is 12. The third kappa shape index (κ3) is 11.8. The smallest absolute Gasteiger partial charge is 0.387 e. The Bertz CT molecular complexity index is 3530. The molecule has 6 aromatic rings. The Morgan fingerprint density at radius 1 is 0.667 bits per heavy atom. The molecule has 3 aliphatic rings. The van der Waals surface area contributed by atoms with Gasteiger partial charge >= 0.3 is 36.9 Å². The van der Waals surface area contributed by atoms with Gasteiger partial charge in [-0.15, -0.1) is 0 Å². The zero-order valence-electron chi connectivity index (χ0n) is 39.8. The van der Waals surface area contributed by atoms with Crippen LogP contribution in [0, 0.1) is 0 Å². The zero-order valence-corrected chi connectivity index (χ0v) is 43.4. The van der Waals surface area contributed by atoms with Crippen molar-refractivity contribution >= 4 is 82.5 Å². The molecule has 9 heterocycles. The number of phosphoric ester groups is 3. The number of aromatic amines is 2. The van der Waals surface area contributed by atoms with Crippen molar-refractivity contribution in [2.75, 3.05) is 57.3 Å². The number of hydrogen-bond donors (Lipinski definition) is 13. The van der Waals surface area contributed by atoms with Crippen LogP contribution in [-0.2, 0) is 75.7 Å². The van der Waals surface area contributed by atoms with E-state index >= 15 is 0 Å². The number of hydrogen-bond acceptors (Lipinski definition) is 30. The maximum Gasteiger partial charge on any atom is 0.490 e. The van der Waals surface area contributed by atoms with Crippen LogP contribution in [0.25, 0.3) is 33.5 Å². The van der Waals surface area contributed by atoms with E-state index in [-0.39, 0.29) is 64.4 Å². The highest BCUT2D eigenvalue weighted by Gasteiger charge is 2.54. The minimum absolute atomic E-state index is 0.00941. The molecule has 4 unspecified atom stereocenters. The fourth-order valence-electron chi connectivity index (χ4n) is 8.48. The highest BCUT2D eigenvalue weighted by molar-refractivity contribution is 7.66. The summed E-state index contributed by atoms with van der Waals surface area (Å²) in [6, 6.07) is 0. The Hall–Kier alpha value is -5.19. The number of anilines is 3. The van der Waals surface area contributed by atoms with Gasteiger partial charge < -0.3 is 80.9 Å². The van der Waals surface area contributed by atoms with Crippen molar-refractivity contribution in [3.05, 3.63) is 46.0 Å². The summed E-state index contributed by atoms with van der Waals surface area (Å²) < 4.78 is 115. The Morgan fingerprint density at radius 2 is 1.24 bits per heavy atom. The van der Waals surface area contributed by atoms with Crippen LogP contribution in [0.4, 0.5) is 17.7 Å². The normalized spacial score (nSPS) is 29.8. The van der Waals surface area contributed by atoms with Crippen LogP contribution in [0.2, 0.25) is 0 Å². The summed E-state index contributed by atoms with van der Waals surface area (Å²) in [5.41, 5.74) is 15.4. The molecular weight excluding hydrogens is 1140 g/mol. The summed E-state index contributed by atoms with van der Waals surface area (Å²) >= 11 is 0. The SMILES string of the molecule is COCCO[C@@H]1[C@H](OP(=O)(O)OC[C@H]2O[C@@H](n3cnc4c(=O)[nH]c(N)nc43)[C@H](O)[C@@H]2O)[C@@H](COP(=O)(O)OP(=O)(O)OP(=O)(O)OC[C@H]2O[C@@H]([n+]3cn(C)c4c(=O)[nH]c(N)nc43)[C@H](O)[C@@H]2O)O[C@H]1n1cnc2c(N)ncnc21. The lowest BCUT2D eigenvalue weighted by Crippen LogP contribution is -2.46. The fraction of sp³-hybridized carbons (Fsp3) is 0.559. The molecule has 3 saturated heterocycles. The molecule has 0 aliphatic carbocycles. The van der Waals surface area contributed by atoms with Gasteiger partial charge in [-0.2, -0.15) is 13.6 Å². The minimum atomic E-state index is -6.23. The summed E-state index contributed by atoms with van der Waals surface area (Å²) in [5, 5.41) is 43.4. The van der Waals surface area contributed by atoms with Crippen molar-refractivity contribution in [2.45, 2.75) is 73.6 Å². The molecular formula is C34H48N15O25P4+. The highest BCUT2D eigenvalue weighted by Crippen LogP contribution is 2.68. The van der Waals surface area contributed by atoms with Crippen molar-refractivity contribution < 1.29 is 113 Å². The number of phosphoric acid groups is 4. The molecule has 6 aromatic heterocycles. The molecule has 16 atom stereocenters. The first kappa shape index (κ1) is 57.5. The number of nitrogen functional groups attached to an aromatic ring is 3. The Morgan fingerprint density at radius 3 is 1.92 bits per heavy atom. The molecule has 3 fully saturated rings. The van der Waals surface area contributed by atoms with Gasteiger partial charge in [-0.1, -0.05) is 4.98 Å². The number of aliphatic hydroxyl groups is 4. The second kappa shape index (κ2) is 22.0. The van der Waals surface area contributed by atoms with E-state index in [4.69, 9.17) is 59.0 Å². The molecule has 40 nitrogen and oxygen atoms in total. The van der Waals surface area contributed by atoms with E-state index in [1.165, 1.54) is 29.6 Å². The van der Waals surface area contributed by atoms with Gasteiger partial charge in [0, 0.05) is 7.11 Å². The number of aryl methyl sites for hydroxylation is 1. The molecule has 0 spiro atoms. The molecule has 0 radical (unpaired) electrons. The first-order valence-electron chi connectivity index (χ1n) is 22.2. The predicted molar refractivity (Wildman–Crippen MR) is 250 cm³/mol. The topological polar surface area (TPSA) is 571 Å². The second-order valence-electron chi connectivity index (χ2n) is 17.1.